The third-order valence-electron chi connectivity index (χ3n) is 6.70. The normalized spacial score (nSPS) is 20.5. The standard InChI is InChI=1S/C25H23ClN4O4/c26-18-1-3-20(15(9-18)11-27)17-12-29(13-17)7-8-34-19-2-4-21-16(10-19)14-30(25(21)33)22-5-6-23(31)28-24(22)32/h1-4,9-10,17,22H,5-8,12-14H2,(H,28,31,32). The first kappa shape index (κ1) is 22.4. The Morgan fingerprint density at radius 1 is 1.15 bits per heavy atom. The van der Waals surface area contributed by atoms with E-state index in [9.17, 15) is 19.6 Å². The second kappa shape index (κ2) is 9.09. The SMILES string of the molecule is N#Cc1cc(Cl)ccc1C1CN(CCOc2ccc3c(c2)CN(C2CCC(=O)NC2=O)C3=O)C1. The lowest BCUT2D eigenvalue weighted by Gasteiger charge is -2.39. The molecule has 0 saturated carbocycles. The number of amides is 3. The fourth-order valence-electron chi connectivity index (χ4n) is 4.86. The van der Waals surface area contributed by atoms with Crippen LogP contribution in [0.4, 0.5) is 0 Å². The Hall–Kier alpha value is -3.41. The van der Waals surface area contributed by atoms with Crippen LogP contribution in [-0.4, -0.2) is 59.8 Å². The zero-order valence-electron chi connectivity index (χ0n) is 18.4. The van der Waals surface area contributed by atoms with Crippen molar-refractivity contribution in [2.24, 2.45) is 0 Å². The van der Waals surface area contributed by atoms with Crippen LogP contribution >= 0.6 is 11.6 Å². The van der Waals surface area contributed by atoms with Gasteiger partial charge in [-0.3, -0.25) is 24.6 Å². The number of nitriles is 1. The van der Waals surface area contributed by atoms with Crippen molar-refractivity contribution >= 4 is 29.3 Å². The minimum Gasteiger partial charge on any atom is -0.492 e. The second-order valence-electron chi connectivity index (χ2n) is 8.87. The van der Waals surface area contributed by atoms with E-state index in [-0.39, 0.29) is 18.2 Å². The lowest BCUT2D eigenvalue weighted by Crippen LogP contribution is -2.52. The highest BCUT2D eigenvalue weighted by Gasteiger charge is 2.39. The monoisotopic (exact) mass is 478 g/mol. The van der Waals surface area contributed by atoms with Gasteiger partial charge in [0.2, 0.25) is 11.8 Å². The molecule has 0 bridgehead atoms. The summed E-state index contributed by atoms with van der Waals surface area (Å²) in [6.45, 7) is 3.30. The molecule has 8 nitrogen and oxygen atoms in total. The number of carbonyl (C=O) groups is 3. The molecular weight excluding hydrogens is 456 g/mol. The van der Waals surface area contributed by atoms with Gasteiger partial charge >= 0.3 is 0 Å². The number of benzene rings is 2. The Bertz CT molecular complexity index is 1220. The number of hydrogen-bond donors (Lipinski definition) is 1. The minimum atomic E-state index is -0.622. The van der Waals surface area contributed by atoms with Crippen molar-refractivity contribution in [3.8, 4) is 11.8 Å². The van der Waals surface area contributed by atoms with Crippen molar-refractivity contribution in [2.75, 3.05) is 26.2 Å². The summed E-state index contributed by atoms with van der Waals surface area (Å²) in [5.41, 5.74) is 3.06. The van der Waals surface area contributed by atoms with Gasteiger partial charge in [-0.25, -0.2) is 0 Å². The lowest BCUT2D eigenvalue weighted by atomic mass is 9.88. The number of carbonyl (C=O) groups excluding carboxylic acids is 3. The zero-order chi connectivity index (χ0) is 23.8. The van der Waals surface area contributed by atoms with Gasteiger partial charge in [0.05, 0.1) is 11.6 Å². The molecule has 2 fully saturated rings. The molecule has 9 heteroatoms. The smallest absolute Gasteiger partial charge is 0.255 e. The molecule has 1 atom stereocenters. The van der Waals surface area contributed by atoms with Crippen LogP contribution in [0.3, 0.4) is 0 Å². The second-order valence-corrected chi connectivity index (χ2v) is 9.30. The van der Waals surface area contributed by atoms with E-state index in [1.807, 2.05) is 18.2 Å². The van der Waals surface area contributed by atoms with E-state index in [4.69, 9.17) is 16.3 Å². The summed E-state index contributed by atoms with van der Waals surface area (Å²) in [5, 5.41) is 12.2. The molecule has 2 aromatic rings. The number of hydrogen-bond acceptors (Lipinski definition) is 6. The molecule has 0 spiro atoms. The largest absolute Gasteiger partial charge is 0.492 e. The van der Waals surface area contributed by atoms with Gasteiger partial charge < -0.3 is 9.64 Å². The number of imide groups is 1. The van der Waals surface area contributed by atoms with Crippen LogP contribution in [0.2, 0.25) is 5.02 Å². The van der Waals surface area contributed by atoms with Crippen molar-refractivity contribution in [3.05, 3.63) is 63.7 Å². The Morgan fingerprint density at radius 3 is 2.74 bits per heavy atom. The maximum absolute atomic E-state index is 12.8. The van der Waals surface area contributed by atoms with Gasteiger partial charge in [0, 0.05) is 49.1 Å². The zero-order valence-corrected chi connectivity index (χ0v) is 19.2. The predicted molar refractivity (Wildman–Crippen MR) is 123 cm³/mol. The third-order valence-corrected chi connectivity index (χ3v) is 6.94. The predicted octanol–water partition coefficient (Wildman–Crippen LogP) is 2.45. The Labute approximate surface area is 202 Å². The molecule has 3 heterocycles. The summed E-state index contributed by atoms with van der Waals surface area (Å²) >= 11 is 5.99. The van der Waals surface area contributed by atoms with E-state index in [2.05, 4.69) is 16.3 Å². The number of piperidine rings is 1. The fourth-order valence-corrected chi connectivity index (χ4v) is 5.04. The summed E-state index contributed by atoms with van der Waals surface area (Å²) in [6, 6.07) is 12.4. The third kappa shape index (κ3) is 4.25. The molecule has 3 aliphatic rings. The molecule has 0 radical (unpaired) electrons. The van der Waals surface area contributed by atoms with E-state index in [1.54, 1.807) is 18.2 Å². The number of halogens is 1. The van der Waals surface area contributed by atoms with E-state index in [1.165, 1.54) is 4.90 Å². The number of nitrogens with zero attached hydrogens (tertiary/aromatic N) is 3. The van der Waals surface area contributed by atoms with E-state index in [0.29, 0.717) is 47.4 Å². The molecule has 3 aliphatic heterocycles. The number of fused-ring (bicyclic) bond motifs is 1. The highest BCUT2D eigenvalue weighted by atomic mass is 35.5. The van der Waals surface area contributed by atoms with E-state index < -0.39 is 11.9 Å². The highest BCUT2D eigenvalue weighted by molar-refractivity contribution is 6.30. The van der Waals surface area contributed by atoms with Gasteiger partial charge in [-0.2, -0.15) is 5.26 Å². The van der Waals surface area contributed by atoms with Gasteiger partial charge in [-0.05, 0) is 47.9 Å². The van der Waals surface area contributed by atoms with Crippen LogP contribution in [0.1, 0.15) is 45.8 Å². The molecule has 0 aromatic heterocycles. The molecule has 3 amide bonds. The molecule has 0 aliphatic carbocycles. The van der Waals surface area contributed by atoms with Gasteiger partial charge in [-0.1, -0.05) is 17.7 Å². The van der Waals surface area contributed by atoms with Gasteiger partial charge in [-0.15, -0.1) is 0 Å². The maximum atomic E-state index is 12.8. The van der Waals surface area contributed by atoms with E-state index >= 15 is 0 Å². The Balaban J connectivity index is 1.13. The number of nitrogens with one attached hydrogen (secondary N) is 1. The highest BCUT2D eigenvalue weighted by Crippen LogP contribution is 2.32. The quantitative estimate of drug-likeness (QED) is 0.640. The van der Waals surface area contributed by atoms with Crippen LogP contribution in [0, 0.1) is 11.3 Å². The van der Waals surface area contributed by atoms with Crippen molar-refractivity contribution < 1.29 is 19.1 Å². The van der Waals surface area contributed by atoms with Gasteiger partial charge in [0.25, 0.3) is 5.91 Å². The van der Waals surface area contributed by atoms with E-state index in [0.717, 1.165) is 30.8 Å². The average Bonchev–Trinajstić information content (AvgIpc) is 3.11. The first-order chi connectivity index (χ1) is 16.4. The first-order valence-electron chi connectivity index (χ1n) is 11.2. The molecule has 34 heavy (non-hydrogen) atoms. The summed E-state index contributed by atoms with van der Waals surface area (Å²) < 4.78 is 5.93. The molecule has 2 aromatic carbocycles. The molecular formula is C25H23ClN4O4. The lowest BCUT2D eigenvalue weighted by molar-refractivity contribution is -0.136. The van der Waals surface area contributed by atoms with Crippen LogP contribution in [0.5, 0.6) is 5.75 Å². The van der Waals surface area contributed by atoms with Gasteiger partial charge in [0.1, 0.15) is 18.4 Å². The van der Waals surface area contributed by atoms with Crippen LogP contribution in [0.25, 0.3) is 0 Å². The van der Waals surface area contributed by atoms with Crippen LogP contribution in [0.15, 0.2) is 36.4 Å². The van der Waals surface area contributed by atoms with Crippen LogP contribution in [-0.2, 0) is 16.1 Å². The number of likely N-dealkylation sites (tertiary alicyclic amines) is 1. The topological polar surface area (TPSA) is 103 Å². The Morgan fingerprint density at radius 2 is 1.97 bits per heavy atom. The molecule has 5 rings (SSSR count). The molecule has 2 saturated heterocycles. The Kier molecular flexibility index (Phi) is 5.98. The molecule has 1 N–H and O–H groups in total. The molecule has 1 unspecified atom stereocenters. The summed E-state index contributed by atoms with van der Waals surface area (Å²) in [4.78, 5) is 40.2. The summed E-state index contributed by atoms with van der Waals surface area (Å²) in [6.07, 6.45) is 0.578. The van der Waals surface area contributed by atoms with Crippen molar-refractivity contribution in [1.82, 2.24) is 15.1 Å². The summed E-state index contributed by atoms with van der Waals surface area (Å²) in [5.74, 6) is 0.0894. The number of rotatable bonds is 6. The minimum absolute atomic E-state index is 0.193. The number of ether oxygens (including phenoxy) is 1. The fraction of sp³-hybridized carbons (Fsp3) is 0.360. The first-order valence-corrected chi connectivity index (χ1v) is 11.6. The maximum Gasteiger partial charge on any atom is 0.255 e. The molecule has 174 valence electrons. The van der Waals surface area contributed by atoms with Crippen LogP contribution < -0.4 is 10.1 Å². The summed E-state index contributed by atoms with van der Waals surface area (Å²) in [7, 11) is 0. The van der Waals surface area contributed by atoms with Gasteiger partial charge in [0.15, 0.2) is 0 Å². The van der Waals surface area contributed by atoms with Crippen molar-refractivity contribution in [3.63, 3.8) is 0 Å². The average molecular weight is 479 g/mol. The van der Waals surface area contributed by atoms with Crippen molar-refractivity contribution in [2.45, 2.75) is 31.3 Å². The van der Waals surface area contributed by atoms with Crippen molar-refractivity contribution in [1.29, 1.82) is 5.26 Å².